The standard InChI is InChI=1S/C27H37N3/c1-4-10-30(11-5-1)27-24(17-21-6-2-3-7-26(21)29-27)18-28-9-8-25-22-13-19-12-20(15-22)16-23(25)14-19/h2-3,6-7,17,19-20,22-23,25,28H,1,4-5,8-16,18H2. The number of fused-ring (bicyclic) bond motifs is 1. The van der Waals surface area contributed by atoms with Gasteiger partial charge in [0.1, 0.15) is 5.82 Å². The van der Waals surface area contributed by atoms with Gasteiger partial charge in [0.25, 0.3) is 0 Å². The summed E-state index contributed by atoms with van der Waals surface area (Å²) in [6, 6.07) is 11.0. The molecule has 3 nitrogen and oxygen atoms in total. The highest BCUT2D eigenvalue weighted by Crippen LogP contribution is 2.57. The van der Waals surface area contributed by atoms with E-state index in [1.54, 1.807) is 32.1 Å². The zero-order valence-electron chi connectivity index (χ0n) is 18.4. The van der Waals surface area contributed by atoms with Gasteiger partial charge in [0, 0.05) is 30.6 Å². The molecule has 4 bridgehead atoms. The fraction of sp³-hybridized carbons (Fsp3) is 0.667. The Morgan fingerprint density at radius 2 is 1.63 bits per heavy atom. The number of piperidine rings is 1. The van der Waals surface area contributed by atoms with E-state index in [0.717, 1.165) is 54.7 Å². The third kappa shape index (κ3) is 3.64. The van der Waals surface area contributed by atoms with Crippen molar-refractivity contribution in [1.82, 2.24) is 10.3 Å². The van der Waals surface area contributed by atoms with Crippen LogP contribution in [0.2, 0.25) is 0 Å². The second kappa shape index (κ2) is 8.15. The topological polar surface area (TPSA) is 28.2 Å². The quantitative estimate of drug-likeness (QED) is 0.620. The molecule has 30 heavy (non-hydrogen) atoms. The van der Waals surface area contributed by atoms with Gasteiger partial charge in [-0.25, -0.2) is 4.98 Å². The van der Waals surface area contributed by atoms with Crippen molar-refractivity contribution >= 4 is 16.7 Å². The Balaban J connectivity index is 1.13. The van der Waals surface area contributed by atoms with Crippen LogP contribution in [-0.4, -0.2) is 24.6 Å². The first kappa shape index (κ1) is 19.1. The maximum atomic E-state index is 5.11. The first-order chi connectivity index (χ1) is 14.8. The van der Waals surface area contributed by atoms with Crippen molar-refractivity contribution in [2.24, 2.45) is 29.6 Å². The number of para-hydroxylation sites is 1. The van der Waals surface area contributed by atoms with Gasteiger partial charge in [-0.3, -0.25) is 0 Å². The molecule has 4 saturated carbocycles. The van der Waals surface area contributed by atoms with Crippen LogP contribution in [-0.2, 0) is 6.54 Å². The molecule has 1 aromatic heterocycles. The van der Waals surface area contributed by atoms with E-state index in [9.17, 15) is 0 Å². The van der Waals surface area contributed by atoms with Gasteiger partial charge >= 0.3 is 0 Å². The van der Waals surface area contributed by atoms with Crippen LogP contribution in [0.3, 0.4) is 0 Å². The Morgan fingerprint density at radius 1 is 0.900 bits per heavy atom. The van der Waals surface area contributed by atoms with Crippen LogP contribution < -0.4 is 10.2 Å². The monoisotopic (exact) mass is 403 g/mol. The predicted molar refractivity (Wildman–Crippen MR) is 125 cm³/mol. The molecule has 5 fully saturated rings. The first-order valence-corrected chi connectivity index (χ1v) is 12.7. The highest BCUT2D eigenvalue weighted by atomic mass is 15.2. The summed E-state index contributed by atoms with van der Waals surface area (Å²) in [4.78, 5) is 7.65. The first-order valence-electron chi connectivity index (χ1n) is 12.7. The molecular weight excluding hydrogens is 366 g/mol. The molecular formula is C27H37N3. The Kier molecular flexibility index (Phi) is 5.19. The zero-order valence-corrected chi connectivity index (χ0v) is 18.4. The van der Waals surface area contributed by atoms with E-state index in [1.807, 2.05) is 0 Å². The van der Waals surface area contributed by atoms with Crippen LogP contribution in [0.4, 0.5) is 5.82 Å². The van der Waals surface area contributed by atoms with E-state index in [1.165, 1.54) is 49.0 Å². The van der Waals surface area contributed by atoms with Crippen LogP contribution in [0.15, 0.2) is 30.3 Å². The zero-order chi connectivity index (χ0) is 19.9. The molecule has 0 radical (unpaired) electrons. The number of hydrogen-bond donors (Lipinski definition) is 1. The minimum atomic E-state index is 0.955. The van der Waals surface area contributed by atoms with Crippen LogP contribution >= 0.6 is 0 Å². The number of nitrogens with zero attached hydrogens (tertiary/aromatic N) is 2. The number of hydrogen-bond acceptors (Lipinski definition) is 3. The number of nitrogens with one attached hydrogen (secondary N) is 1. The van der Waals surface area contributed by atoms with Crippen molar-refractivity contribution in [3.8, 4) is 0 Å². The lowest BCUT2D eigenvalue weighted by Crippen LogP contribution is -2.45. The number of anilines is 1. The molecule has 2 aromatic rings. The fourth-order valence-corrected chi connectivity index (χ4v) is 7.66. The summed E-state index contributed by atoms with van der Waals surface area (Å²) in [6.45, 7) is 4.44. The lowest BCUT2D eigenvalue weighted by atomic mass is 9.51. The average molecular weight is 404 g/mol. The third-order valence-corrected chi connectivity index (χ3v) is 8.83. The number of rotatable bonds is 6. The molecule has 1 N–H and O–H groups in total. The highest BCUT2D eigenvalue weighted by molar-refractivity contribution is 5.81. The Hall–Kier alpha value is -1.61. The molecule has 3 heteroatoms. The van der Waals surface area contributed by atoms with Gasteiger partial charge < -0.3 is 10.2 Å². The molecule has 7 rings (SSSR count). The third-order valence-electron chi connectivity index (χ3n) is 8.83. The van der Waals surface area contributed by atoms with Gasteiger partial charge in [-0.05, 0) is 106 Å². The minimum Gasteiger partial charge on any atom is -0.356 e. The van der Waals surface area contributed by atoms with Crippen molar-refractivity contribution in [3.63, 3.8) is 0 Å². The normalized spacial score (nSPS) is 32.8. The van der Waals surface area contributed by atoms with E-state index < -0.39 is 0 Å². The molecule has 1 saturated heterocycles. The lowest BCUT2D eigenvalue weighted by Gasteiger charge is -2.54. The summed E-state index contributed by atoms with van der Waals surface area (Å²) in [5.41, 5.74) is 2.52. The summed E-state index contributed by atoms with van der Waals surface area (Å²) < 4.78 is 0. The molecule has 160 valence electrons. The van der Waals surface area contributed by atoms with Crippen LogP contribution in [0.1, 0.15) is 63.4 Å². The van der Waals surface area contributed by atoms with E-state index in [0.29, 0.717) is 0 Å². The van der Waals surface area contributed by atoms with Crippen molar-refractivity contribution in [2.45, 2.75) is 64.3 Å². The van der Waals surface area contributed by atoms with Gasteiger partial charge in [0.15, 0.2) is 0 Å². The lowest BCUT2D eigenvalue weighted by molar-refractivity contribution is -0.0393. The predicted octanol–water partition coefficient (Wildman–Crippen LogP) is 5.78. The molecule has 1 aliphatic heterocycles. The molecule has 4 aliphatic carbocycles. The van der Waals surface area contributed by atoms with E-state index >= 15 is 0 Å². The van der Waals surface area contributed by atoms with Crippen molar-refractivity contribution in [3.05, 3.63) is 35.9 Å². The molecule has 1 aromatic carbocycles. The molecule has 0 amide bonds. The summed E-state index contributed by atoms with van der Waals surface area (Å²) in [5, 5.41) is 5.11. The number of benzene rings is 1. The van der Waals surface area contributed by atoms with E-state index in [2.05, 4.69) is 40.5 Å². The van der Waals surface area contributed by atoms with Gasteiger partial charge in [0.2, 0.25) is 0 Å². The Bertz CT molecular complexity index is 857. The number of aromatic nitrogens is 1. The minimum absolute atomic E-state index is 0.955. The Labute approximate surface area is 181 Å². The average Bonchev–Trinajstić information content (AvgIpc) is 2.78. The van der Waals surface area contributed by atoms with Gasteiger partial charge in [-0.1, -0.05) is 18.2 Å². The van der Waals surface area contributed by atoms with E-state index in [4.69, 9.17) is 4.98 Å². The molecule has 0 atom stereocenters. The van der Waals surface area contributed by atoms with Gasteiger partial charge in [-0.2, -0.15) is 0 Å². The van der Waals surface area contributed by atoms with Crippen LogP contribution in [0.25, 0.3) is 10.9 Å². The maximum absolute atomic E-state index is 5.11. The van der Waals surface area contributed by atoms with Gasteiger partial charge in [0.05, 0.1) is 5.52 Å². The smallest absolute Gasteiger partial charge is 0.133 e. The van der Waals surface area contributed by atoms with Crippen molar-refractivity contribution in [2.75, 3.05) is 24.5 Å². The molecule has 5 aliphatic rings. The number of pyridine rings is 1. The summed E-state index contributed by atoms with van der Waals surface area (Å²) in [6.07, 6.45) is 13.1. The summed E-state index contributed by atoms with van der Waals surface area (Å²) in [5.74, 6) is 6.51. The van der Waals surface area contributed by atoms with Crippen molar-refractivity contribution < 1.29 is 0 Å². The summed E-state index contributed by atoms with van der Waals surface area (Å²) >= 11 is 0. The van der Waals surface area contributed by atoms with Crippen molar-refractivity contribution in [1.29, 1.82) is 0 Å². The van der Waals surface area contributed by atoms with Crippen LogP contribution in [0.5, 0.6) is 0 Å². The molecule has 0 unspecified atom stereocenters. The largest absolute Gasteiger partial charge is 0.356 e. The molecule has 0 spiro atoms. The van der Waals surface area contributed by atoms with Crippen LogP contribution in [0, 0.1) is 29.6 Å². The maximum Gasteiger partial charge on any atom is 0.133 e. The Morgan fingerprint density at radius 3 is 2.40 bits per heavy atom. The highest BCUT2D eigenvalue weighted by Gasteiger charge is 2.47. The molecule has 2 heterocycles. The fourth-order valence-electron chi connectivity index (χ4n) is 7.66. The van der Waals surface area contributed by atoms with Gasteiger partial charge in [-0.15, -0.1) is 0 Å². The van der Waals surface area contributed by atoms with E-state index in [-0.39, 0.29) is 0 Å². The second-order valence-corrected chi connectivity index (χ2v) is 10.8. The second-order valence-electron chi connectivity index (χ2n) is 10.8. The summed E-state index contributed by atoms with van der Waals surface area (Å²) in [7, 11) is 0. The SMILES string of the molecule is c1ccc2nc(N3CCCCC3)c(CNCCC3C4CC5CC(C4)CC3C5)cc2c1.